The van der Waals surface area contributed by atoms with Crippen molar-refractivity contribution >= 4 is 40.3 Å². The van der Waals surface area contributed by atoms with E-state index in [1.165, 1.54) is 23.9 Å². The third-order valence-corrected chi connectivity index (χ3v) is 5.84. The number of aromatic amines is 1. The van der Waals surface area contributed by atoms with E-state index in [2.05, 4.69) is 15.3 Å². The van der Waals surface area contributed by atoms with Crippen molar-refractivity contribution in [3.8, 4) is 0 Å². The van der Waals surface area contributed by atoms with Crippen LogP contribution in [0.15, 0.2) is 89.1 Å². The number of carbonyl (C=O) groups excluding carboxylic acids is 1. The molecule has 0 bridgehead atoms. The summed E-state index contributed by atoms with van der Waals surface area (Å²) in [6, 6.07) is 18.3. The van der Waals surface area contributed by atoms with Crippen LogP contribution in [0.3, 0.4) is 0 Å². The second-order valence-electron chi connectivity index (χ2n) is 6.99. The van der Waals surface area contributed by atoms with Gasteiger partial charge < -0.3 is 10.3 Å². The maximum Gasteiger partial charge on any atom is 0.283 e. The van der Waals surface area contributed by atoms with Crippen molar-refractivity contribution in [1.29, 1.82) is 0 Å². The van der Waals surface area contributed by atoms with Crippen molar-refractivity contribution < 1.29 is 9.72 Å². The molecule has 0 spiro atoms. The zero-order valence-corrected chi connectivity index (χ0v) is 17.8. The molecule has 2 heterocycles. The van der Waals surface area contributed by atoms with Crippen LogP contribution in [0, 0.1) is 10.1 Å². The summed E-state index contributed by atoms with van der Waals surface area (Å²) in [7, 11) is 0. The molecule has 7 nitrogen and oxygen atoms in total. The molecule has 4 rings (SSSR count). The van der Waals surface area contributed by atoms with Gasteiger partial charge in [-0.05, 0) is 47.9 Å². The lowest BCUT2D eigenvalue weighted by molar-refractivity contribution is -0.387. The normalized spacial score (nSPS) is 11.1. The highest BCUT2D eigenvalue weighted by Crippen LogP contribution is 2.34. The summed E-state index contributed by atoms with van der Waals surface area (Å²) in [5.41, 5.74) is 2.76. The van der Waals surface area contributed by atoms with Gasteiger partial charge in [0, 0.05) is 42.0 Å². The van der Waals surface area contributed by atoms with Gasteiger partial charge in [0.2, 0.25) is 5.91 Å². The highest BCUT2D eigenvalue weighted by molar-refractivity contribution is 7.99. The Bertz CT molecular complexity index is 1280. The molecule has 0 aliphatic heterocycles. The molecule has 0 aliphatic rings. The number of benzene rings is 2. The van der Waals surface area contributed by atoms with E-state index in [9.17, 15) is 14.9 Å². The van der Waals surface area contributed by atoms with E-state index in [-0.39, 0.29) is 11.6 Å². The van der Waals surface area contributed by atoms with Crippen LogP contribution in [0.2, 0.25) is 0 Å². The molecular weight excluding hydrogens is 424 g/mol. The first-order valence-corrected chi connectivity index (χ1v) is 10.8. The molecule has 0 saturated heterocycles. The van der Waals surface area contributed by atoms with Gasteiger partial charge in [0.15, 0.2) is 0 Å². The molecule has 0 saturated carbocycles. The second-order valence-corrected chi connectivity index (χ2v) is 8.05. The lowest BCUT2D eigenvalue weighted by Crippen LogP contribution is -2.23. The number of carbonyl (C=O) groups is 1. The number of nitro groups is 1. The van der Waals surface area contributed by atoms with Crippen molar-refractivity contribution in [2.24, 2.45) is 0 Å². The van der Waals surface area contributed by atoms with Crippen molar-refractivity contribution in [3.63, 3.8) is 0 Å². The summed E-state index contributed by atoms with van der Waals surface area (Å²) in [4.78, 5) is 31.2. The molecule has 0 unspecified atom stereocenters. The van der Waals surface area contributed by atoms with E-state index in [1.54, 1.807) is 36.5 Å². The van der Waals surface area contributed by atoms with E-state index in [4.69, 9.17) is 0 Å². The van der Waals surface area contributed by atoms with Crippen molar-refractivity contribution in [1.82, 2.24) is 15.3 Å². The molecule has 2 aromatic heterocycles. The zero-order chi connectivity index (χ0) is 22.3. The first-order valence-electron chi connectivity index (χ1n) is 9.98. The van der Waals surface area contributed by atoms with Gasteiger partial charge in [-0.1, -0.05) is 42.1 Å². The largest absolute Gasteiger partial charge is 0.361 e. The molecule has 0 fully saturated rings. The average molecular weight is 445 g/mol. The van der Waals surface area contributed by atoms with Crippen LogP contribution in [-0.4, -0.2) is 27.3 Å². The number of nitrogens with zero attached hydrogens (tertiary/aromatic N) is 2. The summed E-state index contributed by atoms with van der Waals surface area (Å²) in [5, 5.41) is 16.2. The lowest BCUT2D eigenvalue weighted by atomic mass is 10.1. The zero-order valence-electron chi connectivity index (χ0n) is 17.0. The fourth-order valence-corrected chi connectivity index (χ4v) is 4.14. The summed E-state index contributed by atoms with van der Waals surface area (Å²) in [6.07, 6.45) is 7.26. The Labute approximate surface area is 188 Å². The van der Waals surface area contributed by atoms with Crippen molar-refractivity contribution in [2.45, 2.75) is 16.3 Å². The highest BCUT2D eigenvalue weighted by Gasteiger charge is 2.15. The third kappa shape index (κ3) is 5.22. The molecule has 1 amide bonds. The van der Waals surface area contributed by atoms with Crippen LogP contribution in [0.1, 0.15) is 11.1 Å². The molecular formula is C24H20N4O3S. The number of hydrogen-bond donors (Lipinski definition) is 2. The molecule has 2 aromatic carbocycles. The number of fused-ring (bicyclic) bond motifs is 1. The van der Waals surface area contributed by atoms with E-state index in [1.807, 2.05) is 36.5 Å². The first kappa shape index (κ1) is 21.3. The Hall–Kier alpha value is -3.91. The van der Waals surface area contributed by atoms with Crippen LogP contribution >= 0.6 is 11.8 Å². The van der Waals surface area contributed by atoms with Crippen LogP contribution in [0.5, 0.6) is 0 Å². The predicted molar refractivity (Wildman–Crippen MR) is 126 cm³/mol. The number of rotatable bonds is 8. The standard InChI is InChI=1S/C24H20N4O3S/c29-23(25-14-12-18-16-27-20-6-2-1-5-19(18)20)11-9-17-8-10-22(21(15-17)28(30)31)32-24-7-3-4-13-26-24/h1-11,13,15-16,27H,12,14H2,(H,25,29)/b11-9+. The molecule has 8 heteroatoms. The quantitative estimate of drug-likeness (QED) is 0.226. The Balaban J connectivity index is 1.37. The highest BCUT2D eigenvalue weighted by atomic mass is 32.2. The van der Waals surface area contributed by atoms with Gasteiger partial charge >= 0.3 is 0 Å². The monoisotopic (exact) mass is 444 g/mol. The summed E-state index contributed by atoms with van der Waals surface area (Å²) in [6.45, 7) is 0.491. The smallest absolute Gasteiger partial charge is 0.283 e. The minimum atomic E-state index is -0.427. The van der Waals surface area contributed by atoms with Gasteiger partial charge in [-0.15, -0.1) is 0 Å². The topological polar surface area (TPSA) is 101 Å². The molecule has 160 valence electrons. The summed E-state index contributed by atoms with van der Waals surface area (Å²) >= 11 is 1.23. The fourth-order valence-electron chi connectivity index (χ4n) is 3.28. The predicted octanol–water partition coefficient (Wildman–Crippen LogP) is 4.99. The van der Waals surface area contributed by atoms with Gasteiger partial charge in [0.25, 0.3) is 5.69 Å². The van der Waals surface area contributed by atoms with Crippen LogP contribution in [-0.2, 0) is 11.2 Å². The van der Waals surface area contributed by atoms with E-state index in [0.29, 0.717) is 28.5 Å². The number of aromatic nitrogens is 2. The Morgan fingerprint density at radius 3 is 2.81 bits per heavy atom. The van der Waals surface area contributed by atoms with E-state index in [0.717, 1.165) is 16.5 Å². The van der Waals surface area contributed by atoms with Gasteiger partial charge in [-0.3, -0.25) is 14.9 Å². The number of pyridine rings is 1. The molecule has 0 radical (unpaired) electrons. The lowest BCUT2D eigenvalue weighted by Gasteiger charge is -2.04. The Morgan fingerprint density at radius 2 is 2.00 bits per heavy atom. The molecule has 2 N–H and O–H groups in total. The van der Waals surface area contributed by atoms with Crippen LogP contribution in [0.25, 0.3) is 17.0 Å². The van der Waals surface area contributed by atoms with Crippen LogP contribution in [0.4, 0.5) is 5.69 Å². The minimum absolute atomic E-state index is 0.0254. The fraction of sp³-hybridized carbons (Fsp3) is 0.0833. The van der Waals surface area contributed by atoms with Crippen molar-refractivity contribution in [2.75, 3.05) is 6.54 Å². The molecule has 0 aliphatic carbocycles. The minimum Gasteiger partial charge on any atom is -0.361 e. The Kier molecular flexibility index (Phi) is 6.62. The Morgan fingerprint density at radius 1 is 1.16 bits per heavy atom. The number of nitro benzene ring substituents is 1. The summed E-state index contributed by atoms with van der Waals surface area (Å²) in [5.74, 6) is -0.251. The van der Waals surface area contributed by atoms with Gasteiger partial charge in [-0.2, -0.15) is 0 Å². The second kappa shape index (κ2) is 9.93. The maximum atomic E-state index is 12.2. The number of hydrogen-bond acceptors (Lipinski definition) is 5. The first-order chi connectivity index (χ1) is 15.6. The molecule has 32 heavy (non-hydrogen) atoms. The summed E-state index contributed by atoms with van der Waals surface area (Å²) < 4.78 is 0. The maximum absolute atomic E-state index is 12.2. The molecule has 4 aromatic rings. The van der Waals surface area contributed by atoms with Gasteiger partial charge in [0.1, 0.15) is 5.03 Å². The van der Waals surface area contributed by atoms with E-state index >= 15 is 0 Å². The van der Waals surface area contributed by atoms with E-state index < -0.39 is 4.92 Å². The number of H-pyrrole nitrogens is 1. The van der Waals surface area contributed by atoms with Crippen molar-refractivity contribution in [3.05, 3.63) is 100 Å². The number of amides is 1. The number of para-hydroxylation sites is 1. The van der Waals surface area contributed by atoms with Gasteiger partial charge in [-0.25, -0.2) is 4.98 Å². The SMILES string of the molecule is O=C(/C=C/c1ccc(Sc2ccccn2)c([N+](=O)[O-])c1)NCCc1c[nH]c2ccccc12. The molecule has 0 atom stereocenters. The van der Waals surface area contributed by atoms with Gasteiger partial charge in [0.05, 0.1) is 9.82 Å². The van der Waals surface area contributed by atoms with Crippen LogP contribution < -0.4 is 5.32 Å². The number of nitrogens with one attached hydrogen (secondary N) is 2. The average Bonchev–Trinajstić information content (AvgIpc) is 3.22. The third-order valence-electron chi connectivity index (χ3n) is 4.83.